The van der Waals surface area contributed by atoms with Crippen LogP contribution in [0, 0.1) is 11.9 Å². The van der Waals surface area contributed by atoms with Gasteiger partial charge >= 0.3 is 0 Å². The molecule has 1 amide bonds. The topological polar surface area (TPSA) is 33.2 Å². The van der Waals surface area contributed by atoms with E-state index in [0.29, 0.717) is 12.0 Å². The molecule has 2 fully saturated rings. The molecule has 2 heterocycles. The average Bonchev–Trinajstić information content (AvgIpc) is 2.46. The van der Waals surface area contributed by atoms with Crippen molar-refractivity contribution in [2.75, 3.05) is 6.54 Å². The molecular formula is C15H19FN2O. The SMILES string of the molecule is O=C(c1cccnc1F)N1CCCC2CCCCC21. The van der Waals surface area contributed by atoms with Crippen molar-refractivity contribution < 1.29 is 9.18 Å². The first-order valence-corrected chi connectivity index (χ1v) is 7.19. The normalized spacial score (nSPS) is 26.9. The molecule has 2 aliphatic rings. The summed E-state index contributed by atoms with van der Waals surface area (Å²) >= 11 is 0. The van der Waals surface area contributed by atoms with Crippen LogP contribution < -0.4 is 0 Å². The number of hydrogen-bond acceptors (Lipinski definition) is 2. The van der Waals surface area contributed by atoms with Gasteiger partial charge in [-0.25, -0.2) is 4.98 Å². The van der Waals surface area contributed by atoms with E-state index < -0.39 is 5.95 Å². The van der Waals surface area contributed by atoms with Crippen molar-refractivity contribution in [2.24, 2.45) is 5.92 Å². The zero-order valence-electron chi connectivity index (χ0n) is 11.0. The van der Waals surface area contributed by atoms with E-state index in [1.54, 1.807) is 6.07 Å². The lowest BCUT2D eigenvalue weighted by molar-refractivity contribution is 0.0385. The fourth-order valence-electron chi connectivity index (χ4n) is 3.58. The lowest BCUT2D eigenvalue weighted by atomic mass is 9.78. The minimum Gasteiger partial charge on any atom is -0.335 e. The van der Waals surface area contributed by atoms with Gasteiger partial charge in [0.1, 0.15) is 0 Å². The quantitative estimate of drug-likeness (QED) is 0.729. The van der Waals surface area contributed by atoms with Crippen LogP contribution in [0.4, 0.5) is 4.39 Å². The molecule has 3 nitrogen and oxygen atoms in total. The molecule has 2 unspecified atom stereocenters. The molecule has 0 bridgehead atoms. The zero-order chi connectivity index (χ0) is 13.2. The molecule has 1 aromatic rings. The molecule has 0 spiro atoms. The number of likely N-dealkylation sites (tertiary alicyclic amines) is 1. The van der Waals surface area contributed by atoms with Crippen LogP contribution in [0.3, 0.4) is 0 Å². The van der Waals surface area contributed by atoms with Gasteiger partial charge in [0.2, 0.25) is 5.95 Å². The third-order valence-electron chi connectivity index (χ3n) is 4.49. The number of fused-ring (bicyclic) bond motifs is 1. The van der Waals surface area contributed by atoms with Gasteiger partial charge in [-0.3, -0.25) is 4.79 Å². The number of nitrogens with zero attached hydrogens (tertiary/aromatic N) is 2. The van der Waals surface area contributed by atoms with Crippen LogP contribution in [0.25, 0.3) is 0 Å². The van der Waals surface area contributed by atoms with Crippen LogP contribution in [0.5, 0.6) is 0 Å². The molecular weight excluding hydrogens is 243 g/mol. The third-order valence-corrected chi connectivity index (χ3v) is 4.49. The van der Waals surface area contributed by atoms with Crippen molar-refractivity contribution in [3.63, 3.8) is 0 Å². The molecule has 1 aromatic heterocycles. The molecule has 0 aromatic carbocycles. The van der Waals surface area contributed by atoms with Gasteiger partial charge in [0.25, 0.3) is 5.91 Å². The molecule has 19 heavy (non-hydrogen) atoms. The van der Waals surface area contributed by atoms with E-state index in [2.05, 4.69) is 4.98 Å². The van der Waals surface area contributed by atoms with Crippen LogP contribution in [0.1, 0.15) is 48.9 Å². The lowest BCUT2D eigenvalue weighted by Gasteiger charge is -2.44. The zero-order valence-corrected chi connectivity index (χ0v) is 11.0. The van der Waals surface area contributed by atoms with Gasteiger partial charge in [-0.2, -0.15) is 4.39 Å². The summed E-state index contributed by atoms with van der Waals surface area (Å²) < 4.78 is 13.7. The second-order valence-corrected chi connectivity index (χ2v) is 5.59. The maximum Gasteiger partial charge on any atom is 0.258 e. The summed E-state index contributed by atoms with van der Waals surface area (Å²) in [5.41, 5.74) is 0.119. The molecule has 2 atom stereocenters. The predicted molar refractivity (Wildman–Crippen MR) is 70.2 cm³/mol. The van der Waals surface area contributed by atoms with Gasteiger partial charge in [0.05, 0.1) is 5.56 Å². The number of amides is 1. The van der Waals surface area contributed by atoms with E-state index in [-0.39, 0.29) is 11.5 Å². The highest BCUT2D eigenvalue weighted by molar-refractivity contribution is 5.94. The number of carbonyl (C=O) groups is 1. The Morgan fingerprint density at radius 3 is 2.89 bits per heavy atom. The van der Waals surface area contributed by atoms with Crippen molar-refractivity contribution in [2.45, 2.75) is 44.6 Å². The van der Waals surface area contributed by atoms with Gasteiger partial charge in [-0.1, -0.05) is 12.8 Å². The van der Waals surface area contributed by atoms with Crippen molar-refractivity contribution in [1.82, 2.24) is 9.88 Å². The Bertz CT molecular complexity index is 475. The molecule has 1 aliphatic carbocycles. The van der Waals surface area contributed by atoms with Crippen molar-refractivity contribution >= 4 is 5.91 Å². The monoisotopic (exact) mass is 262 g/mol. The highest BCUT2D eigenvalue weighted by Crippen LogP contribution is 2.35. The Morgan fingerprint density at radius 1 is 1.26 bits per heavy atom. The maximum absolute atomic E-state index is 13.7. The third kappa shape index (κ3) is 2.36. The highest BCUT2D eigenvalue weighted by atomic mass is 19.1. The first kappa shape index (κ1) is 12.6. The van der Waals surface area contributed by atoms with Gasteiger partial charge in [0.15, 0.2) is 0 Å². The predicted octanol–water partition coefficient (Wildman–Crippen LogP) is 3.02. The van der Waals surface area contributed by atoms with Crippen LogP contribution in [0.2, 0.25) is 0 Å². The van der Waals surface area contributed by atoms with Crippen LogP contribution in [-0.2, 0) is 0 Å². The number of hydrogen-bond donors (Lipinski definition) is 0. The maximum atomic E-state index is 13.7. The van der Waals surface area contributed by atoms with E-state index in [4.69, 9.17) is 0 Å². The van der Waals surface area contributed by atoms with Crippen LogP contribution in [-0.4, -0.2) is 28.4 Å². The summed E-state index contributed by atoms with van der Waals surface area (Å²) in [5, 5.41) is 0. The molecule has 3 rings (SSSR count). The Morgan fingerprint density at radius 2 is 2.05 bits per heavy atom. The standard InChI is InChI=1S/C15H19FN2O/c16-14-12(7-3-9-17-14)15(19)18-10-4-6-11-5-1-2-8-13(11)18/h3,7,9,11,13H,1-2,4-6,8,10H2. The Hall–Kier alpha value is -1.45. The van der Waals surface area contributed by atoms with Gasteiger partial charge < -0.3 is 4.90 Å². The first-order chi connectivity index (χ1) is 9.27. The van der Waals surface area contributed by atoms with Gasteiger partial charge in [-0.15, -0.1) is 0 Å². The number of rotatable bonds is 1. The van der Waals surface area contributed by atoms with E-state index in [9.17, 15) is 9.18 Å². The van der Waals surface area contributed by atoms with Crippen molar-refractivity contribution in [1.29, 1.82) is 0 Å². The molecule has 102 valence electrons. The van der Waals surface area contributed by atoms with E-state index in [1.807, 2.05) is 4.90 Å². The lowest BCUT2D eigenvalue weighted by Crippen LogP contribution is -2.49. The molecule has 4 heteroatoms. The minimum atomic E-state index is -0.648. The smallest absolute Gasteiger partial charge is 0.258 e. The fourth-order valence-corrected chi connectivity index (χ4v) is 3.58. The van der Waals surface area contributed by atoms with Gasteiger partial charge in [-0.05, 0) is 43.7 Å². The molecule has 1 aliphatic heterocycles. The molecule has 0 N–H and O–H groups in total. The van der Waals surface area contributed by atoms with Crippen LogP contribution >= 0.6 is 0 Å². The van der Waals surface area contributed by atoms with Gasteiger partial charge in [0, 0.05) is 18.8 Å². The number of aromatic nitrogens is 1. The number of carbonyl (C=O) groups excluding carboxylic acids is 1. The number of pyridine rings is 1. The van der Waals surface area contributed by atoms with E-state index >= 15 is 0 Å². The summed E-state index contributed by atoms with van der Waals surface area (Å²) in [7, 11) is 0. The van der Waals surface area contributed by atoms with Crippen molar-refractivity contribution in [3.8, 4) is 0 Å². The number of halogens is 1. The second kappa shape index (κ2) is 5.27. The highest BCUT2D eigenvalue weighted by Gasteiger charge is 2.36. The number of piperidine rings is 1. The summed E-state index contributed by atoms with van der Waals surface area (Å²) in [5.74, 6) is -0.209. The summed E-state index contributed by atoms with van der Waals surface area (Å²) in [4.78, 5) is 18.0. The van der Waals surface area contributed by atoms with E-state index in [0.717, 1.165) is 19.4 Å². The summed E-state index contributed by atoms with van der Waals surface area (Å²) in [6.45, 7) is 0.758. The Kier molecular flexibility index (Phi) is 3.49. The minimum absolute atomic E-state index is 0.119. The molecule has 1 saturated heterocycles. The van der Waals surface area contributed by atoms with Crippen LogP contribution in [0.15, 0.2) is 18.3 Å². The molecule has 0 radical (unpaired) electrons. The van der Waals surface area contributed by atoms with E-state index in [1.165, 1.54) is 37.9 Å². The largest absolute Gasteiger partial charge is 0.335 e. The Balaban J connectivity index is 1.84. The van der Waals surface area contributed by atoms with Crippen molar-refractivity contribution in [3.05, 3.63) is 29.8 Å². The summed E-state index contributed by atoms with van der Waals surface area (Å²) in [6, 6.07) is 3.48. The average molecular weight is 262 g/mol. The molecule has 1 saturated carbocycles. The fraction of sp³-hybridized carbons (Fsp3) is 0.600. The Labute approximate surface area is 112 Å². The first-order valence-electron chi connectivity index (χ1n) is 7.19. The summed E-state index contributed by atoms with van der Waals surface area (Å²) in [6.07, 6.45) is 8.36. The second-order valence-electron chi connectivity index (χ2n) is 5.59.